The number of aryl methyl sites for hydroxylation is 1. The zero-order valence-electron chi connectivity index (χ0n) is 28.4. The van der Waals surface area contributed by atoms with Crippen molar-refractivity contribution >= 4 is 120 Å². The Hall–Kier alpha value is -5.95. The molecule has 0 atom stereocenters. The summed E-state index contributed by atoms with van der Waals surface area (Å²) in [7, 11) is 0. The molecule has 0 saturated carbocycles. The van der Waals surface area contributed by atoms with Crippen molar-refractivity contribution in [1.82, 2.24) is 14.1 Å². The minimum Gasteiger partial charge on any atom is -0.310 e. The molecule has 11 aromatic rings. The first-order valence-corrected chi connectivity index (χ1v) is 20.2. The second-order valence-electron chi connectivity index (χ2n) is 15.0. The third kappa shape index (κ3) is 3.24. The van der Waals surface area contributed by atoms with Crippen LogP contribution in [0.15, 0.2) is 132 Å². The third-order valence-corrected chi connectivity index (χ3v) is 14.6. The van der Waals surface area contributed by atoms with E-state index in [-0.39, 0.29) is 6.71 Å². The summed E-state index contributed by atoms with van der Waals surface area (Å²) in [5, 5.41) is 18.3. The van der Waals surface area contributed by atoms with Crippen LogP contribution in [-0.4, -0.2) is 20.8 Å². The number of thiophene rings is 2. The molecule has 3 aliphatic rings. The number of nitrogens with zero attached hydrogens (tertiary/aromatic N) is 3. The Morgan fingerprint density at radius 2 is 1.28 bits per heavy atom. The first kappa shape index (κ1) is 27.7. The van der Waals surface area contributed by atoms with Crippen LogP contribution in [0.25, 0.3) is 103 Å². The van der Waals surface area contributed by atoms with Gasteiger partial charge in [0.05, 0.1) is 22.2 Å². The maximum absolute atomic E-state index is 4.97. The summed E-state index contributed by atoms with van der Waals surface area (Å²) in [6.45, 7) is 0.133. The van der Waals surface area contributed by atoms with Gasteiger partial charge in [-0.25, -0.2) is 0 Å². The molecule has 0 N–H and O–H groups in total. The van der Waals surface area contributed by atoms with Crippen LogP contribution in [0, 0.1) is 0 Å². The molecule has 0 radical (unpaired) electrons. The molecule has 244 valence electrons. The lowest BCUT2D eigenvalue weighted by Crippen LogP contribution is -2.56. The molecule has 0 saturated heterocycles. The molecule has 0 bridgehead atoms. The average Bonchev–Trinajstić information content (AvgIpc) is 3.79. The van der Waals surface area contributed by atoms with Gasteiger partial charge in [-0.3, -0.25) is 4.98 Å². The third-order valence-electron chi connectivity index (χ3n) is 12.6. The minimum atomic E-state index is 0.133. The fourth-order valence-corrected chi connectivity index (χ4v) is 12.8. The van der Waals surface area contributed by atoms with E-state index >= 15 is 0 Å². The largest absolute Gasteiger partial charge is 0.310 e. The van der Waals surface area contributed by atoms with Crippen molar-refractivity contribution in [2.45, 2.75) is 12.8 Å². The van der Waals surface area contributed by atoms with E-state index in [2.05, 4.69) is 129 Å². The summed E-state index contributed by atoms with van der Waals surface area (Å²) in [4.78, 5) is 4.97. The van der Waals surface area contributed by atoms with E-state index < -0.39 is 0 Å². The van der Waals surface area contributed by atoms with Crippen LogP contribution >= 0.6 is 22.7 Å². The van der Waals surface area contributed by atoms with Crippen LogP contribution < -0.4 is 16.3 Å². The maximum Gasteiger partial charge on any atom is 0.247 e. The Labute approximate surface area is 311 Å². The molecule has 1 aliphatic carbocycles. The van der Waals surface area contributed by atoms with Crippen LogP contribution in [0.4, 0.5) is 0 Å². The van der Waals surface area contributed by atoms with Gasteiger partial charge >= 0.3 is 0 Å². The van der Waals surface area contributed by atoms with Crippen molar-refractivity contribution in [2.24, 2.45) is 0 Å². The zero-order chi connectivity index (χ0) is 34.1. The first-order valence-electron chi connectivity index (χ1n) is 18.4. The van der Waals surface area contributed by atoms with Gasteiger partial charge in [0.2, 0.25) is 6.71 Å². The monoisotopic (exact) mass is 707 g/mol. The van der Waals surface area contributed by atoms with Crippen LogP contribution in [0.5, 0.6) is 0 Å². The predicted octanol–water partition coefficient (Wildman–Crippen LogP) is 10.4. The summed E-state index contributed by atoms with van der Waals surface area (Å²) in [5.74, 6) is 0. The van der Waals surface area contributed by atoms with Gasteiger partial charge in [0, 0.05) is 70.2 Å². The molecule has 0 spiro atoms. The Balaban J connectivity index is 1.32. The van der Waals surface area contributed by atoms with Gasteiger partial charge in [0.25, 0.3) is 0 Å². The van der Waals surface area contributed by atoms with Gasteiger partial charge < -0.3 is 9.13 Å². The van der Waals surface area contributed by atoms with Crippen LogP contribution in [0.3, 0.4) is 0 Å². The number of hydrogen-bond donors (Lipinski definition) is 0. The summed E-state index contributed by atoms with van der Waals surface area (Å²) in [6.07, 6.45) is 4.03. The van der Waals surface area contributed by atoms with E-state index in [0.29, 0.717) is 0 Å². The minimum absolute atomic E-state index is 0.133. The normalized spacial score (nSPS) is 14.2. The number of pyridine rings is 1. The van der Waals surface area contributed by atoms with Gasteiger partial charge in [0.1, 0.15) is 0 Å². The quantitative estimate of drug-likeness (QED) is 0.156. The first-order chi connectivity index (χ1) is 26.3. The fraction of sp³-hybridized carbons (Fsp3) is 0.0426. The van der Waals surface area contributed by atoms with Crippen molar-refractivity contribution in [2.75, 3.05) is 0 Å². The van der Waals surface area contributed by atoms with Gasteiger partial charge in [-0.1, -0.05) is 84.3 Å². The van der Waals surface area contributed by atoms with E-state index in [0.717, 1.165) is 24.1 Å². The molecule has 14 rings (SSSR count). The second kappa shape index (κ2) is 9.53. The number of benzene rings is 6. The lowest BCUT2D eigenvalue weighted by molar-refractivity contribution is 0.974. The van der Waals surface area contributed by atoms with E-state index in [1.165, 1.54) is 108 Å². The topological polar surface area (TPSA) is 22.8 Å². The molecular weight excluding hydrogens is 681 g/mol. The second-order valence-corrected chi connectivity index (χ2v) is 16.7. The molecule has 53 heavy (non-hydrogen) atoms. The molecule has 3 nitrogen and oxygen atoms in total. The predicted molar refractivity (Wildman–Crippen MR) is 227 cm³/mol. The highest BCUT2D eigenvalue weighted by molar-refractivity contribution is 7.19. The van der Waals surface area contributed by atoms with E-state index in [1.54, 1.807) is 5.47 Å². The molecular formula is C47H26BN3S2. The van der Waals surface area contributed by atoms with Crippen molar-refractivity contribution < 1.29 is 0 Å². The fourth-order valence-electron chi connectivity index (χ4n) is 10.6. The van der Waals surface area contributed by atoms with Crippen LogP contribution in [0.2, 0.25) is 0 Å². The van der Waals surface area contributed by atoms with Crippen molar-refractivity contribution in [3.63, 3.8) is 0 Å². The highest BCUT2D eigenvalue weighted by atomic mass is 32.1. The van der Waals surface area contributed by atoms with Gasteiger partial charge in [-0.05, 0) is 92.6 Å². The van der Waals surface area contributed by atoms with Crippen molar-refractivity contribution in [3.8, 4) is 22.6 Å². The lowest BCUT2D eigenvalue weighted by atomic mass is 9.33. The lowest BCUT2D eigenvalue weighted by Gasteiger charge is -2.37. The highest BCUT2D eigenvalue weighted by Crippen LogP contribution is 2.45. The summed E-state index contributed by atoms with van der Waals surface area (Å²) in [5.41, 5.74) is 14.4. The molecule has 0 amide bonds. The van der Waals surface area contributed by atoms with Crippen molar-refractivity contribution in [1.29, 1.82) is 0 Å². The average molecular weight is 708 g/mol. The van der Waals surface area contributed by atoms with Gasteiger partial charge in [-0.15, -0.1) is 22.7 Å². The Morgan fingerprint density at radius 3 is 2.04 bits per heavy atom. The smallest absolute Gasteiger partial charge is 0.247 e. The Morgan fingerprint density at radius 1 is 0.585 bits per heavy atom. The summed E-state index contributed by atoms with van der Waals surface area (Å²) in [6, 6.07) is 43.6. The molecule has 2 aliphatic heterocycles. The molecule has 7 heterocycles. The molecule has 5 aromatic heterocycles. The van der Waals surface area contributed by atoms with Gasteiger partial charge in [-0.2, -0.15) is 0 Å². The van der Waals surface area contributed by atoms with Crippen LogP contribution in [0.1, 0.15) is 12.0 Å². The van der Waals surface area contributed by atoms with Gasteiger partial charge in [0.15, 0.2) is 0 Å². The number of fused-ring (bicyclic) bond motifs is 8. The van der Waals surface area contributed by atoms with E-state index in [1.807, 2.05) is 34.9 Å². The van der Waals surface area contributed by atoms with Crippen LogP contribution in [-0.2, 0) is 6.42 Å². The Kier molecular flexibility index (Phi) is 4.97. The van der Waals surface area contributed by atoms with E-state index in [9.17, 15) is 0 Å². The molecule has 0 unspecified atom stereocenters. The highest BCUT2D eigenvalue weighted by Gasteiger charge is 2.42. The van der Waals surface area contributed by atoms with E-state index in [4.69, 9.17) is 4.98 Å². The number of rotatable bonds is 1. The Bertz CT molecular complexity index is 3570. The number of aromatic nitrogens is 3. The standard InChI is InChI=1S/C47H26BN3S2/c1-2-20-49-34(13-1)29-21-37-43-38(22-29)51-36-15-6-10-26-8-4-12-31(40(26)36)47-42-28(24-53-47)17-19-33(45(42)51)48(43)32-18-16-27-23-52-46-30-11-3-7-25-9-5-14-35(39(25)30)50(37)44(32)41(27)46/h1-16,18,20-24H,17,19H2. The SMILES string of the molecule is c1ccc(-c2cc3c4c(c2)-n2c5cccc6cccc(c7scc8ccc(c2c87)B4C2=c4c7c(csc7c7cccc8cccc(c87)n4-3)CC2)c65)nc1. The maximum atomic E-state index is 4.97. The zero-order valence-corrected chi connectivity index (χ0v) is 30.0. The number of hydrogen-bond acceptors (Lipinski definition) is 3. The molecule has 0 fully saturated rings. The summed E-state index contributed by atoms with van der Waals surface area (Å²) < 4.78 is 8.11. The van der Waals surface area contributed by atoms with Crippen molar-refractivity contribution in [3.05, 3.63) is 143 Å². The molecule has 6 aromatic carbocycles. The molecule has 6 heteroatoms. The summed E-state index contributed by atoms with van der Waals surface area (Å²) >= 11 is 3.83.